The van der Waals surface area contributed by atoms with E-state index in [1.165, 1.54) is 64.2 Å². The predicted octanol–water partition coefficient (Wildman–Crippen LogP) is 1.78. The maximum atomic E-state index is 10.2. The van der Waals surface area contributed by atoms with E-state index < -0.39 is 5.97 Å². The fraction of sp³-hybridized carbons (Fsp3) is 0.850. The van der Waals surface area contributed by atoms with E-state index in [-0.39, 0.29) is 42.6 Å². The van der Waals surface area contributed by atoms with Crippen LogP contribution >= 0.6 is 0 Å². The van der Waals surface area contributed by atoms with Crippen LogP contribution in [0.3, 0.4) is 0 Å². The summed E-state index contributed by atoms with van der Waals surface area (Å²) in [5.41, 5.74) is 0. The van der Waals surface area contributed by atoms with Gasteiger partial charge in [0, 0.05) is 12.6 Å². The van der Waals surface area contributed by atoms with Crippen molar-refractivity contribution in [3.8, 4) is 0 Å². The molecule has 0 unspecified atom stereocenters. The maximum Gasteiger partial charge on any atom is 1.00 e. The van der Waals surface area contributed by atoms with Crippen molar-refractivity contribution in [1.29, 1.82) is 0 Å². The molecule has 0 saturated carbocycles. The molecule has 0 aliphatic carbocycles. The summed E-state index contributed by atoms with van der Waals surface area (Å²) in [6, 6.07) is 0. The third kappa shape index (κ3) is 33.7. The number of hydrogen-bond acceptors (Lipinski definition) is 3. The molecule has 0 fully saturated rings. The molecule has 0 spiro atoms. The molecule has 3 nitrogen and oxygen atoms in total. The van der Waals surface area contributed by atoms with Crippen LogP contribution in [-0.2, 0) is 4.79 Å². The zero-order valence-electron chi connectivity index (χ0n) is 16.5. The van der Waals surface area contributed by atoms with Crippen LogP contribution in [0, 0.1) is 0 Å². The molecule has 0 rings (SSSR count). The van der Waals surface area contributed by atoms with Crippen molar-refractivity contribution >= 4 is 5.97 Å². The van der Waals surface area contributed by atoms with Crippen molar-refractivity contribution in [2.45, 2.75) is 104 Å². The van der Waals surface area contributed by atoms with Gasteiger partial charge < -0.3 is 15.0 Å². The van der Waals surface area contributed by atoms with Crippen LogP contribution in [0.4, 0.5) is 0 Å². The molecule has 24 heavy (non-hydrogen) atoms. The normalized spacial score (nSPS) is 10.1. The Morgan fingerprint density at radius 2 is 1.17 bits per heavy atom. The van der Waals surface area contributed by atoms with Gasteiger partial charge in [0.2, 0.25) is 0 Å². The van der Waals surface area contributed by atoms with Crippen molar-refractivity contribution in [2.75, 3.05) is 6.61 Å². The largest absolute Gasteiger partial charge is 1.00 e. The summed E-state index contributed by atoms with van der Waals surface area (Å²) in [7, 11) is 0. The van der Waals surface area contributed by atoms with E-state index in [0.717, 1.165) is 19.3 Å². The summed E-state index contributed by atoms with van der Waals surface area (Å²) in [6.07, 6.45) is 20.9. The summed E-state index contributed by atoms with van der Waals surface area (Å²) in [6.45, 7) is 4.19. The van der Waals surface area contributed by atoms with Gasteiger partial charge in [-0.3, -0.25) is 0 Å². The topological polar surface area (TPSA) is 60.4 Å². The fourth-order valence-corrected chi connectivity index (χ4v) is 2.34. The molecule has 0 atom stereocenters. The zero-order chi connectivity index (χ0) is 17.6. The Bertz CT molecular complexity index is 255. The minimum Gasteiger partial charge on any atom is -0.550 e. The predicted molar refractivity (Wildman–Crippen MR) is 97.2 cm³/mol. The van der Waals surface area contributed by atoms with Gasteiger partial charge >= 0.3 is 29.6 Å². The Labute approximate surface area is 172 Å². The van der Waals surface area contributed by atoms with E-state index in [4.69, 9.17) is 5.11 Å². The molecule has 0 saturated heterocycles. The number of unbranched alkanes of at least 4 members (excludes halogenated alkanes) is 11. The molecule has 4 heteroatoms. The first-order chi connectivity index (χ1) is 11.2. The number of aliphatic hydroxyl groups excluding tert-OH is 1. The molecule has 0 amide bonds. The van der Waals surface area contributed by atoms with E-state index in [2.05, 4.69) is 19.1 Å². The molecule has 0 bridgehead atoms. The van der Waals surface area contributed by atoms with E-state index in [0.29, 0.717) is 0 Å². The first-order valence-electron chi connectivity index (χ1n) is 9.64. The number of aliphatic hydroxyl groups is 1. The second-order valence-corrected chi connectivity index (χ2v) is 6.02. The summed E-state index contributed by atoms with van der Waals surface area (Å²) < 4.78 is 0. The molecule has 0 aromatic rings. The molecular weight excluding hydrogens is 311 g/mol. The number of aliphatic carboxylic acids is 1. The Hall–Kier alpha value is 0.170. The van der Waals surface area contributed by atoms with E-state index in [9.17, 15) is 9.90 Å². The number of carboxylic acid groups (broad SMARTS) is 1. The maximum absolute atomic E-state index is 10.2. The molecule has 0 aliphatic rings. The summed E-state index contributed by atoms with van der Waals surface area (Å²) in [4.78, 5) is 10.2. The van der Waals surface area contributed by atoms with Gasteiger partial charge in [0.1, 0.15) is 0 Å². The summed E-state index contributed by atoms with van der Waals surface area (Å²) in [5, 5.41) is 17.8. The molecule has 0 heterocycles. The Morgan fingerprint density at radius 3 is 1.58 bits per heavy atom. The van der Waals surface area contributed by atoms with Gasteiger partial charge in [0.15, 0.2) is 0 Å². The van der Waals surface area contributed by atoms with Crippen molar-refractivity contribution in [2.24, 2.45) is 0 Å². The molecule has 0 radical (unpaired) electrons. The SMILES string of the molecule is CCCCCCCC/C=C\CCCCCCCC(=O)[O-].CCO.[Na+]. The molecule has 1 N–H and O–H groups in total. The second kappa shape index (κ2) is 28.0. The van der Waals surface area contributed by atoms with Gasteiger partial charge in [-0.2, -0.15) is 0 Å². The smallest absolute Gasteiger partial charge is 0.550 e. The number of carboxylic acids is 1. The quantitative estimate of drug-likeness (QED) is 0.278. The zero-order valence-corrected chi connectivity index (χ0v) is 18.5. The van der Waals surface area contributed by atoms with Crippen molar-refractivity contribution in [3.05, 3.63) is 12.2 Å². The Morgan fingerprint density at radius 1 is 0.792 bits per heavy atom. The molecule has 0 aromatic carbocycles. The number of allylic oxidation sites excluding steroid dienone is 2. The van der Waals surface area contributed by atoms with Crippen molar-refractivity contribution in [3.63, 3.8) is 0 Å². The van der Waals surface area contributed by atoms with E-state index >= 15 is 0 Å². The van der Waals surface area contributed by atoms with Crippen LogP contribution in [0.1, 0.15) is 104 Å². The van der Waals surface area contributed by atoms with Gasteiger partial charge in [-0.25, -0.2) is 0 Å². The van der Waals surface area contributed by atoms with Crippen LogP contribution in [0.5, 0.6) is 0 Å². The third-order valence-corrected chi connectivity index (χ3v) is 3.64. The minimum atomic E-state index is -0.914. The second-order valence-electron chi connectivity index (χ2n) is 6.02. The van der Waals surface area contributed by atoms with Crippen LogP contribution in [0.2, 0.25) is 0 Å². The molecule has 0 aliphatic heterocycles. The molecular formula is C20H39NaO3. The summed E-state index contributed by atoms with van der Waals surface area (Å²) >= 11 is 0. The van der Waals surface area contributed by atoms with Gasteiger partial charge in [0.25, 0.3) is 0 Å². The number of carbonyl (C=O) groups excluding carboxylic acids is 1. The fourth-order valence-electron chi connectivity index (χ4n) is 2.34. The number of hydrogen-bond donors (Lipinski definition) is 1. The summed E-state index contributed by atoms with van der Waals surface area (Å²) in [5.74, 6) is -0.914. The average Bonchev–Trinajstić information content (AvgIpc) is 2.51. The van der Waals surface area contributed by atoms with Gasteiger partial charge in [-0.05, 0) is 45.4 Å². The van der Waals surface area contributed by atoms with Crippen LogP contribution < -0.4 is 34.7 Å². The Balaban J connectivity index is -0.00000102. The van der Waals surface area contributed by atoms with Crippen LogP contribution in [-0.4, -0.2) is 17.7 Å². The van der Waals surface area contributed by atoms with Crippen LogP contribution in [0.15, 0.2) is 12.2 Å². The van der Waals surface area contributed by atoms with Crippen LogP contribution in [0.25, 0.3) is 0 Å². The third-order valence-electron chi connectivity index (χ3n) is 3.64. The average molecular weight is 351 g/mol. The minimum absolute atomic E-state index is 0. The number of rotatable bonds is 15. The standard InChI is InChI=1S/C18H34O2.C2H6O.Na/c1-2-3-4-5-6-7-8-9-10-11-12-13-14-15-16-17-18(19)20;1-2-3;/h9-10H,2-8,11-17H2,1H3,(H,19,20);3H,2H2,1H3;/q;;+1/p-1/b10-9-;;. The van der Waals surface area contributed by atoms with Crippen molar-refractivity contribution in [1.82, 2.24) is 0 Å². The van der Waals surface area contributed by atoms with Crippen molar-refractivity contribution < 1.29 is 44.6 Å². The monoisotopic (exact) mass is 350 g/mol. The Kier molecular flexibility index (Phi) is 33.8. The molecule has 0 aromatic heterocycles. The van der Waals surface area contributed by atoms with Gasteiger partial charge in [-0.15, -0.1) is 0 Å². The van der Waals surface area contributed by atoms with E-state index in [1.807, 2.05) is 0 Å². The first-order valence-corrected chi connectivity index (χ1v) is 9.64. The number of carbonyl (C=O) groups is 1. The van der Waals surface area contributed by atoms with E-state index in [1.54, 1.807) is 6.92 Å². The van der Waals surface area contributed by atoms with Gasteiger partial charge in [0.05, 0.1) is 0 Å². The van der Waals surface area contributed by atoms with Gasteiger partial charge in [-0.1, -0.05) is 70.4 Å². The molecule has 138 valence electrons. The first kappa shape index (κ1) is 29.0.